The molecular weight excluding hydrogens is 452 g/mol. The van der Waals surface area contributed by atoms with Gasteiger partial charge in [-0.25, -0.2) is 4.98 Å². The number of nitrogens with one attached hydrogen (secondary N) is 1. The molecule has 7 nitrogen and oxygen atoms in total. The maximum Gasteiger partial charge on any atom is 0.251 e. The van der Waals surface area contributed by atoms with Crippen molar-refractivity contribution in [2.45, 2.75) is 13.1 Å². The molecule has 2 heterocycles. The molecule has 3 aromatic rings. The summed E-state index contributed by atoms with van der Waals surface area (Å²) in [5.74, 6) is 2.27. The van der Waals surface area contributed by atoms with Crippen LogP contribution in [0, 0.1) is 0 Å². The third kappa shape index (κ3) is 5.79. The Hall–Kier alpha value is -3.29. The van der Waals surface area contributed by atoms with Gasteiger partial charge in [0, 0.05) is 61.6 Å². The SMILES string of the molecule is COc1ccc(CN2CCN(c3ncccc3CNC(=O)c3ccc(Cl)cc3)CC2)cc1OC. The third-order valence-electron chi connectivity index (χ3n) is 5.94. The van der Waals surface area contributed by atoms with E-state index in [1.165, 1.54) is 5.56 Å². The van der Waals surface area contributed by atoms with Gasteiger partial charge in [0.15, 0.2) is 11.5 Å². The van der Waals surface area contributed by atoms with Gasteiger partial charge in [-0.15, -0.1) is 0 Å². The summed E-state index contributed by atoms with van der Waals surface area (Å²) in [6.45, 7) is 4.82. The topological polar surface area (TPSA) is 66.9 Å². The number of carbonyl (C=O) groups is 1. The van der Waals surface area contributed by atoms with E-state index in [4.69, 9.17) is 21.1 Å². The normalized spacial score (nSPS) is 14.0. The summed E-state index contributed by atoms with van der Waals surface area (Å²) in [5.41, 5.74) is 2.77. The lowest BCUT2D eigenvalue weighted by atomic mass is 10.1. The Morgan fingerprint density at radius 1 is 1.00 bits per heavy atom. The van der Waals surface area contributed by atoms with E-state index in [0.717, 1.165) is 55.6 Å². The van der Waals surface area contributed by atoms with E-state index in [1.54, 1.807) is 44.7 Å². The maximum absolute atomic E-state index is 12.5. The summed E-state index contributed by atoms with van der Waals surface area (Å²) in [7, 11) is 3.30. The molecule has 0 aliphatic carbocycles. The minimum atomic E-state index is -0.133. The van der Waals surface area contributed by atoms with Crippen molar-refractivity contribution < 1.29 is 14.3 Å². The standard InChI is InChI=1S/C26H29ClN4O3/c1-33-23-10-5-19(16-24(23)34-2)18-30-12-14-31(15-13-30)25-21(4-3-11-28-25)17-29-26(32)20-6-8-22(27)9-7-20/h3-11,16H,12-15,17-18H2,1-2H3,(H,29,32). The molecule has 0 unspecified atom stereocenters. The Kier molecular flexibility index (Phi) is 7.87. The van der Waals surface area contributed by atoms with Gasteiger partial charge in [0.1, 0.15) is 5.82 Å². The highest BCUT2D eigenvalue weighted by atomic mass is 35.5. The number of rotatable bonds is 8. The molecule has 178 valence electrons. The van der Waals surface area contributed by atoms with Crippen LogP contribution >= 0.6 is 11.6 Å². The predicted molar refractivity (Wildman–Crippen MR) is 134 cm³/mol. The molecule has 1 saturated heterocycles. The van der Waals surface area contributed by atoms with Gasteiger partial charge in [-0.2, -0.15) is 0 Å². The molecule has 0 saturated carbocycles. The zero-order chi connectivity index (χ0) is 23.9. The van der Waals surface area contributed by atoms with Gasteiger partial charge in [-0.1, -0.05) is 23.7 Å². The molecule has 1 fully saturated rings. The van der Waals surface area contributed by atoms with Crippen molar-refractivity contribution in [3.63, 3.8) is 0 Å². The summed E-state index contributed by atoms with van der Waals surface area (Å²) in [4.78, 5) is 21.8. The van der Waals surface area contributed by atoms with Crippen molar-refractivity contribution >= 4 is 23.3 Å². The third-order valence-corrected chi connectivity index (χ3v) is 6.19. The fourth-order valence-corrected chi connectivity index (χ4v) is 4.21. The number of amides is 1. The molecule has 0 spiro atoms. The molecule has 1 aromatic heterocycles. The number of hydrogen-bond acceptors (Lipinski definition) is 6. The van der Waals surface area contributed by atoms with Crippen LogP contribution < -0.4 is 19.7 Å². The highest BCUT2D eigenvalue weighted by Crippen LogP contribution is 2.28. The predicted octanol–water partition coefficient (Wildman–Crippen LogP) is 4.00. The smallest absolute Gasteiger partial charge is 0.251 e. The van der Waals surface area contributed by atoms with Crippen LogP contribution in [0.2, 0.25) is 5.02 Å². The number of carbonyl (C=O) groups excluding carboxylic acids is 1. The second-order valence-corrected chi connectivity index (χ2v) is 8.56. The number of hydrogen-bond donors (Lipinski definition) is 1. The molecule has 1 aliphatic heterocycles. The molecule has 0 radical (unpaired) electrons. The minimum absolute atomic E-state index is 0.133. The van der Waals surface area contributed by atoms with Crippen molar-refractivity contribution in [2.24, 2.45) is 0 Å². The number of pyridine rings is 1. The zero-order valence-electron chi connectivity index (χ0n) is 19.5. The molecule has 8 heteroatoms. The summed E-state index contributed by atoms with van der Waals surface area (Å²) in [6, 6.07) is 16.9. The first-order chi connectivity index (χ1) is 16.6. The van der Waals surface area contributed by atoms with E-state index >= 15 is 0 Å². The molecule has 1 amide bonds. The largest absolute Gasteiger partial charge is 0.493 e. The maximum atomic E-state index is 12.5. The number of benzene rings is 2. The van der Waals surface area contributed by atoms with Gasteiger partial charge >= 0.3 is 0 Å². The molecule has 1 aliphatic rings. The van der Waals surface area contributed by atoms with E-state index < -0.39 is 0 Å². The number of aromatic nitrogens is 1. The van der Waals surface area contributed by atoms with Crippen LogP contribution in [0.15, 0.2) is 60.8 Å². The highest BCUT2D eigenvalue weighted by molar-refractivity contribution is 6.30. The van der Waals surface area contributed by atoms with E-state index in [0.29, 0.717) is 17.1 Å². The first-order valence-electron chi connectivity index (χ1n) is 11.2. The number of halogens is 1. The Labute approximate surface area is 205 Å². The molecule has 4 rings (SSSR count). The molecule has 0 bridgehead atoms. The van der Waals surface area contributed by atoms with Gasteiger partial charge in [0.05, 0.1) is 14.2 Å². The van der Waals surface area contributed by atoms with Crippen molar-refractivity contribution in [1.29, 1.82) is 0 Å². The molecule has 0 atom stereocenters. The first-order valence-corrected chi connectivity index (χ1v) is 11.6. The number of ether oxygens (including phenoxy) is 2. The van der Waals surface area contributed by atoms with Crippen molar-refractivity contribution in [3.05, 3.63) is 82.5 Å². The number of anilines is 1. The lowest BCUT2D eigenvalue weighted by Crippen LogP contribution is -2.46. The van der Waals surface area contributed by atoms with Crippen LogP contribution in [0.3, 0.4) is 0 Å². The van der Waals surface area contributed by atoms with Crippen LogP contribution in [0.1, 0.15) is 21.5 Å². The van der Waals surface area contributed by atoms with E-state index in [9.17, 15) is 4.79 Å². The Bertz CT molecular complexity index is 1120. The second kappa shape index (κ2) is 11.2. The number of nitrogens with zero attached hydrogens (tertiary/aromatic N) is 3. The fraction of sp³-hybridized carbons (Fsp3) is 0.308. The van der Waals surface area contributed by atoms with Gasteiger partial charge < -0.3 is 19.7 Å². The van der Waals surface area contributed by atoms with Crippen LogP contribution in [0.4, 0.5) is 5.82 Å². The van der Waals surface area contributed by atoms with Crippen molar-refractivity contribution in [1.82, 2.24) is 15.2 Å². The van der Waals surface area contributed by atoms with Crippen LogP contribution in [0.25, 0.3) is 0 Å². The van der Waals surface area contributed by atoms with Crippen molar-refractivity contribution in [2.75, 3.05) is 45.3 Å². The summed E-state index contributed by atoms with van der Waals surface area (Å²) < 4.78 is 10.8. The van der Waals surface area contributed by atoms with E-state index in [1.807, 2.05) is 24.3 Å². The van der Waals surface area contributed by atoms with Gasteiger partial charge in [0.2, 0.25) is 0 Å². The van der Waals surface area contributed by atoms with E-state index in [-0.39, 0.29) is 5.91 Å². The monoisotopic (exact) mass is 480 g/mol. The number of methoxy groups -OCH3 is 2. The first kappa shape index (κ1) is 23.9. The van der Waals surface area contributed by atoms with E-state index in [2.05, 4.69) is 26.2 Å². The molecule has 2 aromatic carbocycles. The average Bonchev–Trinajstić information content (AvgIpc) is 2.88. The Balaban J connectivity index is 1.35. The average molecular weight is 481 g/mol. The lowest BCUT2D eigenvalue weighted by molar-refractivity contribution is 0.0951. The van der Waals surface area contributed by atoms with Crippen LogP contribution in [-0.2, 0) is 13.1 Å². The Morgan fingerprint density at radius 3 is 2.44 bits per heavy atom. The second-order valence-electron chi connectivity index (χ2n) is 8.13. The van der Waals surface area contributed by atoms with Crippen LogP contribution in [-0.4, -0.2) is 56.2 Å². The summed E-state index contributed by atoms with van der Waals surface area (Å²) in [5, 5.41) is 3.60. The van der Waals surface area contributed by atoms with Gasteiger partial charge in [-0.3, -0.25) is 9.69 Å². The number of piperazine rings is 1. The fourth-order valence-electron chi connectivity index (χ4n) is 4.09. The van der Waals surface area contributed by atoms with Crippen LogP contribution in [0.5, 0.6) is 11.5 Å². The van der Waals surface area contributed by atoms with Gasteiger partial charge in [-0.05, 0) is 48.0 Å². The summed E-state index contributed by atoms with van der Waals surface area (Å²) >= 11 is 5.92. The molecule has 1 N–H and O–H groups in total. The Morgan fingerprint density at radius 2 is 1.74 bits per heavy atom. The molecule has 34 heavy (non-hydrogen) atoms. The quantitative estimate of drug-likeness (QED) is 0.525. The highest BCUT2D eigenvalue weighted by Gasteiger charge is 2.21. The van der Waals surface area contributed by atoms with Crippen molar-refractivity contribution in [3.8, 4) is 11.5 Å². The minimum Gasteiger partial charge on any atom is -0.493 e. The zero-order valence-corrected chi connectivity index (χ0v) is 20.2. The summed E-state index contributed by atoms with van der Waals surface area (Å²) in [6.07, 6.45) is 1.80. The van der Waals surface area contributed by atoms with Gasteiger partial charge in [0.25, 0.3) is 5.91 Å². The lowest BCUT2D eigenvalue weighted by Gasteiger charge is -2.36. The molecular formula is C26H29ClN4O3.